The van der Waals surface area contributed by atoms with E-state index in [0.29, 0.717) is 24.8 Å². The number of carboxylic acids is 1. The number of aliphatic carboxylic acids is 1. The molecular formula is C12H19NO3. The van der Waals surface area contributed by atoms with Crippen molar-refractivity contribution in [3.05, 3.63) is 0 Å². The van der Waals surface area contributed by atoms with Crippen LogP contribution in [0.2, 0.25) is 0 Å². The molecule has 16 heavy (non-hydrogen) atoms. The van der Waals surface area contributed by atoms with Crippen molar-refractivity contribution in [1.29, 1.82) is 0 Å². The molecular weight excluding hydrogens is 206 g/mol. The summed E-state index contributed by atoms with van der Waals surface area (Å²) in [4.78, 5) is 22.4. The van der Waals surface area contributed by atoms with Crippen LogP contribution in [0.4, 0.5) is 0 Å². The van der Waals surface area contributed by atoms with Crippen molar-refractivity contribution in [3.8, 4) is 0 Å². The van der Waals surface area contributed by atoms with Gasteiger partial charge < -0.3 is 10.4 Å². The molecule has 0 bridgehead atoms. The predicted octanol–water partition coefficient (Wildman–Crippen LogP) is 1.55. The van der Waals surface area contributed by atoms with Crippen LogP contribution in [0.25, 0.3) is 0 Å². The Balaban J connectivity index is 1.67. The first-order chi connectivity index (χ1) is 7.65. The first kappa shape index (κ1) is 11.4. The van der Waals surface area contributed by atoms with Gasteiger partial charge in [0, 0.05) is 12.5 Å². The molecule has 4 nitrogen and oxygen atoms in total. The molecule has 2 aliphatic rings. The number of hydrogen-bond acceptors (Lipinski definition) is 2. The molecule has 2 saturated carbocycles. The van der Waals surface area contributed by atoms with E-state index in [1.165, 1.54) is 0 Å². The highest BCUT2D eigenvalue weighted by atomic mass is 16.4. The molecule has 0 saturated heterocycles. The van der Waals surface area contributed by atoms with E-state index >= 15 is 0 Å². The van der Waals surface area contributed by atoms with E-state index in [1.807, 2.05) is 0 Å². The molecule has 0 aromatic rings. The Labute approximate surface area is 95.4 Å². The highest BCUT2D eigenvalue weighted by molar-refractivity contribution is 5.77. The lowest BCUT2D eigenvalue weighted by molar-refractivity contribution is -0.142. The van der Waals surface area contributed by atoms with Crippen LogP contribution >= 0.6 is 0 Å². The lowest BCUT2D eigenvalue weighted by Gasteiger charge is -2.11. The molecule has 0 spiro atoms. The molecule has 2 N–H and O–H groups in total. The van der Waals surface area contributed by atoms with Gasteiger partial charge in [-0.3, -0.25) is 9.59 Å². The number of carbonyl (C=O) groups excluding carboxylic acids is 1. The second kappa shape index (κ2) is 4.85. The molecule has 0 radical (unpaired) electrons. The van der Waals surface area contributed by atoms with E-state index < -0.39 is 5.97 Å². The van der Waals surface area contributed by atoms with Gasteiger partial charge in [-0.25, -0.2) is 0 Å². The van der Waals surface area contributed by atoms with Gasteiger partial charge in [0.1, 0.15) is 0 Å². The van der Waals surface area contributed by atoms with Gasteiger partial charge >= 0.3 is 5.97 Å². The highest BCUT2D eigenvalue weighted by Crippen LogP contribution is 2.36. The smallest absolute Gasteiger partial charge is 0.306 e. The Hall–Kier alpha value is -1.06. The molecule has 1 atom stereocenters. The lowest BCUT2D eigenvalue weighted by Crippen LogP contribution is -2.26. The van der Waals surface area contributed by atoms with Gasteiger partial charge in [-0.05, 0) is 31.6 Å². The van der Waals surface area contributed by atoms with Crippen LogP contribution in [-0.4, -0.2) is 23.0 Å². The van der Waals surface area contributed by atoms with Crippen molar-refractivity contribution < 1.29 is 14.7 Å². The minimum atomic E-state index is -0.744. The van der Waals surface area contributed by atoms with E-state index in [1.54, 1.807) is 0 Å². The maximum Gasteiger partial charge on any atom is 0.306 e. The Kier molecular flexibility index (Phi) is 3.46. The highest BCUT2D eigenvalue weighted by Gasteiger charge is 2.30. The number of hydrogen-bond donors (Lipinski definition) is 2. The summed E-state index contributed by atoms with van der Waals surface area (Å²) < 4.78 is 0. The van der Waals surface area contributed by atoms with Gasteiger partial charge in [0.05, 0.1) is 5.92 Å². The van der Waals surface area contributed by atoms with Crippen molar-refractivity contribution in [2.45, 2.75) is 51.0 Å². The third kappa shape index (κ3) is 3.83. The third-order valence-electron chi connectivity index (χ3n) is 3.33. The van der Waals surface area contributed by atoms with Crippen LogP contribution in [0, 0.1) is 11.8 Å². The Morgan fingerprint density at radius 1 is 1.25 bits per heavy atom. The van der Waals surface area contributed by atoms with Gasteiger partial charge in [0.15, 0.2) is 0 Å². The van der Waals surface area contributed by atoms with E-state index in [4.69, 9.17) is 5.11 Å². The molecule has 2 aliphatic carbocycles. The van der Waals surface area contributed by atoms with Crippen molar-refractivity contribution in [2.24, 2.45) is 11.8 Å². The predicted molar refractivity (Wildman–Crippen MR) is 58.9 cm³/mol. The molecule has 4 heteroatoms. The van der Waals surface area contributed by atoms with E-state index in [2.05, 4.69) is 5.32 Å². The Morgan fingerprint density at radius 2 is 1.94 bits per heavy atom. The van der Waals surface area contributed by atoms with Crippen molar-refractivity contribution in [2.75, 3.05) is 0 Å². The van der Waals surface area contributed by atoms with Crippen LogP contribution in [0.5, 0.6) is 0 Å². The summed E-state index contributed by atoms with van der Waals surface area (Å²) in [6, 6.07) is 0.374. The quantitative estimate of drug-likeness (QED) is 0.690. The maximum atomic E-state index is 11.4. The second-order valence-electron chi connectivity index (χ2n) is 5.09. The van der Waals surface area contributed by atoms with Crippen molar-refractivity contribution in [3.63, 3.8) is 0 Å². The molecule has 0 aliphatic heterocycles. The van der Waals surface area contributed by atoms with Gasteiger partial charge in [-0.1, -0.05) is 12.8 Å². The number of amides is 1. The van der Waals surface area contributed by atoms with Gasteiger partial charge in [0.25, 0.3) is 0 Å². The molecule has 90 valence electrons. The number of nitrogens with one attached hydrogen (secondary N) is 1. The normalized spacial score (nSPS) is 21.5. The SMILES string of the molecule is O=C(CC[C@@H](CC1CC1)C(=O)O)NC1CC1. The fraction of sp³-hybridized carbons (Fsp3) is 0.833. The Morgan fingerprint density at radius 3 is 2.44 bits per heavy atom. The van der Waals surface area contributed by atoms with Crippen molar-refractivity contribution >= 4 is 11.9 Å². The molecule has 0 aromatic carbocycles. The van der Waals surface area contributed by atoms with Gasteiger partial charge in [-0.2, -0.15) is 0 Å². The monoisotopic (exact) mass is 225 g/mol. The lowest BCUT2D eigenvalue weighted by atomic mass is 9.97. The minimum absolute atomic E-state index is 0.0181. The fourth-order valence-corrected chi connectivity index (χ4v) is 1.93. The summed E-state index contributed by atoms with van der Waals surface area (Å²) in [6.07, 6.45) is 6.10. The first-order valence-electron chi connectivity index (χ1n) is 6.17. The Bertz CT molecular complexity index is 282. The molecule has 0 aromatic heterocycles. The molecule has 0 unspecified atom stereocenters. The van der Waals surface area contributed by atoms with Crippen LogP contribution in [0.3, 0.4) is 0 Å². The zero-order valence-corrected chi connectivity index (χ0v) is 9.45. The maximum absolute atomic E-state index is 11.4. The van der Waals surface area contributed by atoms with E-state index in [-0.39, 0.29) is 11.8 Å². The van der Waals surface area contributed by atoms with Crippen molar-refractivity contribution in [1.82, 2.24) is 5.32 Å². The van der Waals surface area contributed by atoms with E-state index in [0.717, 1.165) is 32.1 Å². The molecule has 0 heterocycles. The zero-order chi connectivity index (χ0) is 11.5. The summed E-state index contributed by atoms with van der Waals surface area (Å²) in [5, 5.41) is 11.9. The van der Waals surface area contributed by atoms with Gasteiger partial charge in [0.2, 0.25) is 5.91 Å². The largest absolute Gasteiger partial charge is 0.481 e. The first-order valence-corrected chi connectivity index (χ1v) is 6.17. The zero-order valence-electron chi connectivity index (χ0n) is 9.45. The summed E-state index contributed by atoms with van der Waals surface area (Å²) >= 11 is 0. The molecule has 1 amide bonds. The minimum Gasteiger partial charge on any atom is -0.481 e. The topological polar surface area (TPSA) is 66.4 Å². The summed E-state index contributed by atoms with van der Waals surface area (Å²) in [5.74, 6) is -0.444. The summed E-state index contributed by atoms with van der Waals surface area (Å²) in [6.45, 7) is 0. The average Bonchev–Trinajstić information content (AvgIpc) is 3.06. The number of carboxylic acid groups (broad SMARTS) is 1. The van der Waals surface area contributed by atoms with E-state index in [9.17, 15) is 9.59 Å². The average molecular weight is 225 g/mol. The van der Waals surface area contributed by atoms with Crippen LogP contribution in [0.1, 0.15) is 44.9 Å². The van der Waals surface area contributed by atoms with Gasteiger partial charge in [-0.15, -0.1) is 0 Å². The number of rotatable bonds is 7. The second-order valence-corrected chi connectivity index (χ2v) is 5.09. The standard InChI is InChI=1S/C12H19NO3/c14-11(13-10-4-5-10)6-3-9(12(15)16)7-8-1-2-8/h8-10H,1-7H2,(H,13,14)(H,15,16)/t9-/m0/s1. The molecule has 2 rings (SSSR count). The van der Waals surface area contributed by atoms with Crippen LogP contribution in [0.15, 0.2) is 0 Å². The number of carbonyl (C=O) groups is 2. The molecule has 2 fully saturated rings. The summed E-state index contributed by atoms with van der Waals surface area (Å²) in [7, 11) is 0. The fourth-order valence-electron chi connectivity index (χ4n) is 1.93. The van der Waals surface area contributed by atoms with Crippen LogP contribution in [-0.2, 0) is 9.59 Å². The third-order valence-corrected chi connectivity index (χ3v) is 3.33. The summed E-state index contributed by atoms with van der Waals surface area (Å²) in [5.41, 5.74) is 0. The van der Waals surface area contributed by atoms with Crippen LogP contribution < -0.4 is 5.32 Å².